The Morgan fingerprint density at radius 1 is 1.17 bits per heavy atom. The van der Waals surface area contributed by atoms with E-state index in [-0.39, 0.29) is 0 Å². The molecule has 12 heavy (non-hydrogen) atoms. The van der Waals surface area contributed by atoms with Crippen LogP contribution in [0.4, 0.5) is 0 Å². The van der Waals surface area contributed by atoms with Crippen LogP contribution in [0.3, 0.4) is 0 Å². The maximum Gasteiger partial charge on any atom is -0.00904 e. The van der Waals surface area contributed by atoms with E-state index in [4.69, 9.17) is 0 Å². The number of aryl methyl sites for hydroxylation is 1. The Bertz CT molecular complexity index is 225. The van der Waals surface area contributed by atoms with Gasteiger partial charge in [0.25, 0.3) is 0 Å². The van der Waals surface area contributed by atoms with E-state index in [1.807, 2.05) is 0 Å². The fourth-order valence-corrected chi connectivity index (χ4v) is 1.36. The third-order valence-electron chi connectivity index (χ3n) is 2.09. The average Bonchev–Trinajstić information content (AvgIpc) is 2.15. The molecule has 0 spiro atoms. The second kappa shape index (κ2) is 4.97. The number of hydrogen-bond acceptors (Lipinski definition) is 0. The molecule has 0 saturated heterocycles. The van der Waals surface area contributed by atoms with E-state index in [2.05, 4.69) is 44.5 Å². The number of hydrogen-bond donors (Lipinski definition) is 0. The summed E-state index contributed by atoms with van der Waals surface area (Å²) in [5.74, 6) is 0. The molecular weight excluding hydrogens is 144 g/mol. The first kappa shape index (κ1) is 9.31. The van der Waals surface area contributed by atoms with Crippen LogP contribution in [0.25, 0.3) is 0 Å². The lowest BCUT2D eigenvalue weighted by atomic mass is 10.0. The molecule has 0 unspecified atom stereocenters. The molecule has 65 valence electrons. The monoisotopic (exact) mass is 161 g/mol. The highest BCUT2D eigenvalue weighted by molar-refractivity contribution is 5.32. The smallest absolute Gasteiger partial charge is 0.00904 e. The lowest BCUT2D eigenvalue weighted by Crippen LogP contribution is -1.89. The van der Waals surface area contributed by atoms with Gasteiger partial charge in [-0.05, 0) is 30.4 Å². The van der Waals surface area contributed by atoms with Crippen LogP contribution in [0.2, 0.25) is 0 Å². The zero-order chi connectivity index (χ0) is 8.81. The van der Waals surface area contributed by atoms with Crippen molar-refractivity contribution in [3.8, 4) is 0 Å². The zero-order valence-electron chi connectivity index (χ0n) is 8.01. The molecule has 0 bridgehead atoms. The van der Waals surface area contributed by atoms with Gasteiger partial charge < -0.3 is 0 Å². The third kappa shape index (κ3) is 2.37. The van der Waals surface area contributed by atoms with Crippen molar-refractivity contribution < 1.29 is 0 Å². The molecule has 0 N–H and O–H groups in total. The third-order valence-corrected chi connectivity index (χ3v) is 2.09. The summed E-state index contributed by atoms with van der Waals surface area (Å²) in [6, 6.07) is 8.64. The van der Waals surface area contributed by atoms with E-state index in [9.17, 15) is 0 Å². The average molecular weight is 161 g/mol. The summed E-state index contributed by atoms with van der Waals surface area (Å²) in [5.41, 5.74) is 2.88. The number of rotatable bonds is 4. The fraction of sp³-hybridized carbons (Fsp3) is 0.417. The fourth-order valence-electron chi connectivity index (χ4n) is 1.36. The Morgan fingerprint density at radius 3 is 2.58 bits per heavy atom. The lowest BCUT2D eigenvalue weighted by Gasteiger charge is -2.05. The molecule has 1 radical (unpaired) electrons. The zero-order valence-corrected chi connectivity index (χ0v) is 8.01. The van der Waals surface area contributed by atoms with E-state index in [0.29, 0.717) is 0 Å². The van der Waals surface area contributed by atoms with E-state index >= 15 is 0 Å². The van der Waals surface area contributed by atoms with Crippen molar-refractivity contribution in [3.05, 3.63) is 41.8 Å². The second-order valence-electron chi connectivity index (χ2n) is 3.05. The minimum Gasteiger partial charge on any atom is -0.0654 e. The molecule has 0 heteroatoms. The van der Waals surface area contributed by atoms with Gasteiger partial charge in [0.05, 0.1) is 0 Å². The van der Waals surface area contributed by atoms with Gasteiger partial charge in [-0.3, -0.25) is 0 Å². The molecule has 1 aromatic rings. The summed E-state index contributed by atoms with van der Waals surface area (Å²) in [4.78, 5) is 0. The second-order valence-corrected chi connectivity index (χ2v) is 3.05. The molecule has 0 heterocycles. The van der Waals surface area contributed by atoms with Gasteiger partial charge in [0.15, 0.2) is 0 Å². The molecule has 1 aromatic carbocycles. The van der Waals surface area contributed by atoms with Crippen LogP contribution in [0, 0.1) is 6.42 Å². The minimum atomic E-state index is 1.14. The molecule has 0 aromatic heterocycles. The lowest BCUT2D eigenvalue weighted by molar-refractivity contribution is 0.906. The van der Waals surface area contributed by atoms with Crippen LogP contribution in [0.15, 0.2) is 24.3 Å². The molecule has 0 amide bonds. The summed E-state index contributed by atoms with van der Waals surface area (Å²) < 4.78 is 0. The molecule has 0 aliphatic heterocycles. The van der Waals surface area contributed by atoms with Gasteiger partial charge >= 0.3 is 0 Å². The van der Waals surface area contributed by atoms with Crippen LogP contribution < -0.4 is 0 Å². The molecule has 0 saturated carbocycles. The predicted molar refractivity (Wildman–Crippen MR) is 54.1 cm³/mol. The first-order valence-corrected chi connectivity index (χ1v) is 4.79. The highest BCUT2D eigenvalue weighted by atomic mass is 14.0. The first-order valence-electron chi connectivity index (χ1n) is 4.79. The quantitative estimate of drug-likeness (QED) is 0.633. The Hall–Kier alpha value is -0.780. The molecule has 0 aliphatic carbocycles. The van der Waals surface area contributed by atoms with Crippen molar-refractivity contribution in [2.24, 2.45) is 0 Å². The van der Waals surface area contributed by atoms with Crippen molar-refractivity contribution in [3.63, 3.8) is 0 Å². The van der Waals surface area contributed by atoms with Gasteiger partial charge in [-0.1, -0.05) is 44.5 Å². The molecule has 0 fully saturated rings. The van der Waals surface area contributed by atoms with Crippen molar-refractivity contribution in [2.75, 3.05) is 0 Å². The van der Waals surface area contributed by atoms with Crippen LogP contribution in [-0.2, 0) is 6.42 Å². The predicted octanol–water partition coefficient (Wildman–Crippen LogP) is 3.60. The Morgan fingerprint density at radius 2 is 1.92 bits per heavy atom. The van der Waals surface area contributed by atoms with E-state index in [0.717, 1.165) is 6.42 Å². The maximum absolute atomic E-state index is 2.33. The first-order chi connectivity index (χ1) is 5.88. The highest BCUT2D eigenvalue weighted by Crippen LogP contribution is 2.13. The largest absolute Gasteiger partial charge is 0.0654 e. The van der Waals surface area contributed by atoms with Crippen LogP contribution in [0.5, 0.6) is 0 Å². The minimum absolute atomic E-state index is 1.14. The van der Waals surface area contributed by atoms with Gasteiger partial charge in [0.1, 0.15) is 0 Å². The normalized spacial score (nSPS) is 10.2. The number of unbranched alkanes of at least 4 members (excludes halogenated alkanes) is 1. The summed E-state index contributed by atoms with van der Waals surface area (Å²) in [7, 11) is 0. The van der Waals surface area contributed by atoms with E-state index < -0.39 is 0 Å². The van der Waals surface area contributed by atoms with Crippen LogP contribution in [-0.4, -0.2) is 0 Å². The van der Waals surface area contributed by atoms with Crippen molar-refractivity contribution in [2.45, 2.75) is 33.1 Å². The van der Waals surface area contributed by atoms with Crippen molar-refractivity contribution in [1.29, 1.82) is 0 Å². The van der Waals surface area contributed by atoms with Gasteiger partial charge in [-0.25, -0.2) is 0 Å². The Kier molecular flexibility index (Phi) is 3.86. The van der Waals surface area contributed by atoms with Crippen molar-refractivity contribution in [1.82, 2.24) is 0 Å². The van der Waals surface area contributed by atoms with Gasteiger partial charge in [0.2, 0.25) is 0 Å². The molecule has 0 aliphatic rings. The van der Waals surface area contributed by atoms with Crippen molar-refractivity contribution >= 4 is 0 Å². The molecule has 0 atom stereocenters. The van der Waals surface area contributed by atoms with Crippen LogP contribution in [0.1, 0.15) is 37.8 Å². The summed E-state index contributed by atoms with van der Waals surface area (Å²) >= 11 is 0. The summed E-state index contributed by atoms with van der Waals surface area (Å²) in [5, 5.41) is 0. The number of benzene rings is 1. The van der Waals surface area contributed by atoms with E-state index in [1.165, 1.54) is 24.0 Å². The van der Waals surface area contributed by atoms with E-state index in [1.54, 1.807) is 0 Å². The topological polar surface area (TPSA) is 0 Å². The van der Waals surface area contributed by atoms with Gasteiger partial charge in [-0.15, -0.1) is 0 Å². The van der Waals surface area contributed by atoms with Crippen LogP contribution >= 0.6 is 0 Å². The Balaban J connectivity index is 2.68. The molecule has 0 nitrogen and oxygen atoms in total. The van der Waals surface area contributed by atoms with Gasteiger partial charge in [-0.2, -0.15) is 0 Å². The van der Waals surface area contributed by atoms with Gasteiger partial charge in [0, 0.05) is 0 Å². The maximum atomic E-state index is 2.33. The molecule has 1 rings (SSSR count). The SMILES string of the molecule is CCC[CH]c1ccccc1CC. The summed E-state index contributed by atoms with van der Waals surface area (Å²) in [6.07, 6.45) is 5.89. The Labute approximate surface area is 75.6 Å². The highest BCUT2D eigenvalue weighted by Gasteiger charge is 1.97. The molecular formula is C12H17. The standard InChI is InChI=1S/C12H17/c1-3-5-8-12-10-7-6-9-11(12)4-2/h6-10H,3-5H2,1-2H3. The summed E-state index contributed by atoms with van der Waals surface area (Å²) in [6.45, 7) is 4.42.